The van der Waals surface area contributed by atoms with Crippen molar-refractivity contribution in [2.75, 3.05) is 19.8 Å². The summed E-state index contributed by atoms with van der Waals surface area (Å²) in [5, 5.41) is 3.84. The lowest BCUT2D eigenvalue weighted by molar-refractivity contribution is 0.0123. The van der Waals surface area contributed by atoms with Gasteiger partial charge in [-0.3, -0.25) is 0 Å². The molecule has 1 heterocycles. The van der Waals surface area contributed by atoms with Crippen molar-refractivity contribution < 1.29 is 4.74 Å². The van der Waals surface area contributed by atoms with Crippen LogP contribution in [-0.4, -0.2) is 25.8 Å². The maximum atomic E-state index is 5.71. The third-order valence-corrected chi connectivity index (χ3v) is 4.78. The van der Waals surface area contributed by atoms with Crippen LogP contribution in [-0.2, 0) is 4.74 Å². The molecule has 1 saturated carbocycles. The van der Waals surface area contributed by atoms with Crippen molar-refractivity contribution >= 4 is 0 Å². The number of ether oxygens (including phenoxy) is 1. The molecule has 2 aliphatic rings. The molecule has 0 amide bonds. The van der Waals surface area contributed by atoms with Crippen LogP contribution >= 0.6 is 0 Å². The SMILES string of the molecule is CCCNC(C1CCCOC1)C1(C)CCCC1. The molecule has 2 unspecified atom stereocenters. The zero-order chi connectivity index (χ0) is 12.1. The van der Waals surface area contributed by atoms with Crippen LogP contribution in [0.15, 0.2) is 0 Å². The Labute approximate surface area is 107 Å². The van der Waals surface area contributed by atoms with Crippen molar-refractivity contribution in [3.63, 3.8) is 0 Å². The number of nitrogens with one attached hydrogen (secondary N) is 1. The fourth-order valence-corrected chi connectivity index (χ4v) is 3.80. The third kappa shape index (κ3) is 3.23. The molecule has 1 aliphatic heterocycles. The lowest BCUT2D eigenvalue weighted by Crippen LogP contribution is -2.50. The minimum atomic E-state index is 0.528. The molecule has 2 nitrogen and oxygen atoms in total. The summed E-state index contributed by atoms with van der Waals surface area (Å²) in [6, 6.07) is 0.685. The Morgan fingerprint density at radius 3 is 2.65 bits per heavy atom. The van der Waals surface area contributed by atoms with Crippen molar-refractivity contribution in [2.24, 2.45) is 11.3 Å². The van der Waals surface area contributed by atoms with Crippen LogP contribution in [0.3, 0.4) is 0 Å². The summed E-state index contributed by atoms with van der Waals surface area (Å²) in [6.45, 7) is 7.89. The molecule has 0 aromatic heterocycles. The molecule has 100 valence electrons. The van der Waals surface area contributed by atoms with E-state index in [0.29, 0.717) is 11.5 Å². The highest BCUT2D eigenvalue weighted by atomic mass is 16.5. The fourth-order valence-electron chi connectivity index (χ4n) is 3.80. The first-order valence-corrected chi connectivity index (χ1v) is 7.57. The van der Waals surface area contributed by atoms with Gasteiger partial charge in [0.1, 0.15) is 0 Å². The van der Waals surface area contributed by atoms with Gasteiger partial charge in [0.2, 0.25) is 0 Å². The van der Waals surface area contributed by atoms with Gasteiger partial charge >= 0.3 is 0 Å². The van der Waals surface area contributed by atoms with Crippen LogP contribution < -0.4 is 5.32 Å². The monoisotopic (exact) mass is 239 g/mol. The van der Waals surface area contributed by atoms with Gasteiger partial charge < -0.3 is 10.1 Å². The van der Waals surface area contributed by atoms with Gasteiger partial charge in [-0.15, -0.1) is 0 Å². The number of hydrogen-bond acceptors (Lipinski definition) is 2. The second-order valence-electron chi connectivity index (χ2n) is 6.27. The van der Waals surface area contributed by atoms with Gasteiger partial charge in [-0.1, -0.05) is 26.7 Å². The third-order valence-electron chi connectivity index (χ3n) is 4.78. The number of hydrogen-bond donors (Lipinski definition) is 1. The van der Waals surface area contributed by atoms with Crippen molar-refractivity contribution in [2.45, 2.75) is 64.8 Å². The van der Waals surface area contributed by atoms with Crippen molar-refractivity contribution in [1.29, 1.82) is 0 Å². The number of rotatable bonds is 5. The molecule has 17 heavy (non-hydrogen) atoms. The van der Waals surface area contributed by atoms with Crippen LogP contribution in [0.25, 0.3) is 0 Å². The summed E-state index contributed by atoms with van der Waals surface area (Å²) in [4.78, 5) is 0. The Bertz CT molecular complexity index is 217. The summed E-state index contributed by atoms with van der Waals surface area (Å²) in [6.07, 6.45) is 9.51. The van der Waals surface area contributed by atoms with E-state index in [2.05, 4.69) is 19.2 Å². The van der Waals surface area contributed by atoms with Gasteiger partial charge in [-0.2, -0.15) is 0 Å². The van der Waals surface area contributed by atoms with E-state index >= 15 is 0 Å². The largest absolute Gasteiger partial charge is 0.381 e. The van der Waals surface area contributed by atoms with E-state index in [-0.39, 0.29) is 0 Å². The van der Waals surface area contributed by atoms with Crippen LogP contribution in [0.1, 0.15) is 58.8 Å². The van der Waals surface area contributed by atoms with Gasteiger partial charge in [0.15, 0.2) is 0 Å². The molecule has 1 N–H and O–H groups in total. The maximum Gasteiger partial charge on any atom is 0.0509 e. The predicted molar refractivity (Wildman–Crippen MR) is 72.2 cm³/mol. The zero-order valence-corrected chi connectivity index (χ0v) is 11.6. The maximum absolute atomic E-state index is 5.71. The zero-order valence-electron chi connectivity index (χ0n) is 11.6. The van der Waals surface area contributed by atoms with Crippen LogP contribution in [0.5, 0.6) is 0 Å². The summed E-state index contributed by atoms with van der Waals surface area (Å²) >= 11 is 0. The highest BCUT2D eigenvalue weighted by molar-refractivity contribution is 4.95. The molecule has 2 rings (SSSR count). The molecule has 2 heteroatoms. The second kappa shape index (κ2) is 6.19. The first-order valence-electron chi connectivity index (χ1n) is 7.57. The molecular formula is C15H29NO. The summed E-state index contributed by atoms with van der Waals surface area (Å²) in [5.41, 5.74) is 0.528. The van der Waals surface area contributed by atoms with Crippen LogP contribution in [0.4, 0.5) is 0 Å². The normalized spacial score (nSPS) is 30.4. The second-order valence-corrected chi connectivity index (χ2v) is 6.27. The quantitative estimate of drug-likeness (QED) is 0.794. The Morgan fingerprint density at radius 1 is 1.29 bits per heavy atom. The lowest BCUT2D eigenvalue weighted by atomic mass is 9.73. The molecule has 0 radical (unpaired) electrons. The first kappa shape index (κ1) is 13.4. The van der Waals surface area contributed by atoms with E-state index in [1.165, 1.54) is 44.9 Å². The Hall–Kier alpha value is -0.0800. The van der Waals surface area contributed by atoms with Crippen molar-refractivity contribution in [1.82, 2.24) is 5.32 Å². The average molecular weight is 239 g/mol. The summed E-state index contributed by atoms with van der Waals surface area (Å²) in [5.74, 6) is 0.749. The summed E-state index contributed by atoms with van der Waals surface area (Å²) in [7, 11) is 0. The molecule has 2 fully saturated rings. The summed E-state index contributed by atoms with van der Waals surface area (Å²) < 4.78 is 5.71. The first-order chi connectivity index (χ1) is 8.26. The van der Waals surface area contributed by atoms with Crippen molar-refractivity contribution in [3.05, 3.63) is 0 Å². The molecule has 0 aromatic rings. The van der Waals surface area contributed by atoms with Gasteiger partial charge in [-0.25, -0.2) is 0 Å². The van der Waals surface area contributed by atoms with E-state index in [0.717, 1.165) is 25.7 Å². The molecule has 1 saturated heterocycles. The van der Waals surface area contributed by atoms with E-state index in [4.69, 9.17) is 4.74 Å². The highest BCUT2D eigenvalue weighted by Crippen LogP contribution is 2.44. The molecule has 0 spiro atoms. The van der Waals surface area contributed by atoms with E-state index in [1.807, 2.05) is 0 Å². The van der Waals surface area contributed by atoms with E-state index < -0.39 is 0 Å². The standard InChI is InChI=1S/C15H29NO/c1-3-10-16-14(13-7-6-11-17-12-13)15(2)8-4-5-9-15/h13-14,16H,3-12H2,1-2H3. The Balaban J connectivity index is 2.00. The molecular weight excluding hydrogens is 210 g/mol. The molecule has 2 atom stereocenters. The topological polar surface area (TPSA) is 21.3 Å². The minimum absolute atomic E-state index is 0.528. The smallest absolute Gasteiger partial charge is 0.0509 e. The fraction of sp³-hybridized carbons (Fsp3) is 1.00. The van der Waals surface area contributed by atoms with Crippen molar-refractivity contribution in [3.8, 4) is 0 Å². The van der Waals surface area contributed by atoms with E-state index in [1.54, 1.807) is 0 Å². The Morgan fingerprint density at radius 2 is 2.06 bits per heavy atom. The lowest BCUT2D eigenvalue weighted by Gasteiger charge is -2.41. The van der Waals surface area contributed by atoms with Gasteiger partial charge in [0.25, 0.3) is 0 Å². The average Bonchev–Trinajstić information content (AvgIpc) is 2.79. The van der Waals surface area contributed by atoms with Crippen LogP contribution in [0, 0.1) is 11.3 Å². The van der Waals surface area contributed by atoms with E-state index in [9.17, 15) is 0 Å². The predicted octanol–water partition coefficient (Wildman–Crippen LogP) is 3.36. The Kier molecular flexibility index (Phi) is 4.87. The van der Waals surface area contributed by atoms with Gasteiger partial charge in [-0.05, 0) is 50.0 Å². The minimum Gasteiger partial charge on any atom is -0.381 e. The van der Waals surface area contributed by atoms with Gasteiger partial charge in [0, 0.05) is 12.6 Å². The molecule has 0 bridgehead atoms. The molecule has 1 aliphatic carbocycles. The highest BCUT2D eigenvalue weighted by Gasteiger charge is 2.41. The van der Waals surface area contributed by atoms with Crippen LogP contribution in [0.2, 0.25) is 0 Å². The van der Waals surface area contributed by atoms with Gasteiger partial charge in [0.05, 0.1) is 6.61 Å². The molecule has 0 aromatic carbocycles.